The maximum Gasteiger partial charge on any atom is 0.0192 e. The van der Waals surface area contributed by atoms with Gasteiger partial charge in [0.25, 0.3) is 0 Å². The van der Waals surface area contributed by atoms with Crippen LogP contribution in [0.2, 0.25) is 0 Å². The molecule has 0 amide bonds. The predicted molar refractivity (Wildman–Crippen MR) is 85.4 cm³/mol. The van der Waals surface area contributed by atoms with Gasteiger partial charge in [-0.25, -0.2) is 0 Å². The van der Waals surface area contributed by atoms with Crippen LogP contribution < -0.4 is 11.1 Å². The van der Waals surface area contributed by atoms with Crippen LogP contribution in [-0.4, -0.2) is 18.6 Å². The Hall–Kier alpha value is -0.0800. The summed E-state index contributed by atoms with van der Waals surface area (Å²) in [4.78, 5) is 0. The van der Waals surface area contributed by atoms with E-state index in [4.69, 9.17) is 5.73 Å². The third kappa shape index (κ3) is 7.94. The lowest BCUT2D eigenvalue weighted by atomic mass is 10.0. The fourth-order valence-corrected chi connectivity index (χ4v) is 3.31. The number of unbranched alkanes of at least 4 members (excludes halogenated alkanes) is 6. The molecule has 0 radical (unpaired) electrons. The summed E-state index contributed by atoms with van der Waals surface area (Å²) >= 11 is 0. The molecule has 1 saturated carbocycles. The Bertz CT molecular complexity index is 205. The minimum absolute atomic E-state index is 0.561. The van der Waals surface area contributed by atoms with Crippen LogP contribution >= 0.6 is 0 Å². The van der Waals surface area contributed by atoms with Crippen LogP contribution in [-0.2, 0) is 0 Å². The van der Waals surface area contributed by atoms with Crippen molar-refractivity contribution in [3.8, 4) is 0 Å². The Labute approximate surface area is 120 Å². The van der Waals surface area contributed by atoms with Crippen LogP contribution in [0.15, 0.2) is 0 Å². The van der Waals surface area contributed by atoms with Crippen LogP contribution in [0.5, 0.6) is 0 Å². The van der Waals surface area contributed by atoms with E-state index in [1.54, 1.807) is 0 Å². The van der Waals surface area contributed by atoms with E-state index >= 15 is 0 Å². The molecule has 1 rings (SSSR count). The van der Waals surface area contributed by atoms with Crippen molar-refractivity contribution in [2.75, 3.05) is 6.54 Å². The highest BCUT2D eigenvalue weighted by molar-refractivity contribution is 4.82. The lowest BCUT2D eigenvalue weighted by Gasteiger charge is -2.21. The van der Waals surface area contributed by atoms with E-state index in [-0.39, 0.29) is 0 Å². The van der Waals surface area contributed by atoms with Crippen molar-refractivity contribution in [3.63, 3.8) is 0 Å². The van der Waals surface area contributed by atoms with E-state index in [1.165, 1.54) is 70.6 Å². The number of nitrogens with two attached hydrogens (primary N) is 1. The molecule has 1 fully saturated rings. The fourth-order valence-electron chi connectivity index (χ4n) is 3.31. The standard InChI is InChI=1S/C17H36N2/c1-3-4-5-6-7-8-9-10-17(14-18)19-16-12-11-15(2)13-16/h15-17,19H,3-14,18H2,1-2H3. The molecule has 0 aromatic heterocycles. The molecule has 114 valence electrons. The number of rotatable bonds is 11. The third-order valence-electron chi connectivity index (χ3n) is 4.61. The molecule has 2 nitrogen and oxygen atoms in total. The zero-order valence-electron chi connectivity index (χ0n) is 13.3. The lowest BCUT2D eigenvalue weighted by molar-refractivity contribution is 0.395. The van der Waals surface area contributed by atoms with Crippen molar-refractivity contribution in [2.24, 2.45) is 11.7 Å². The van der Waals surface area contributed by atoms with Crippen molar-refractivity contribution in [2.45, 2.75) is 96.6 Å². The van der Waals surface area contributed by atoms with Gasteiger partial charge in [-0.15, -0.1) is 0 Å². The van der Waals surface area contributed by atoms with Gasteiger partial charge in [0, 0.05) is 18.6 Å². The summed E-state index contributed by atoms with van der Waals surface area (Å²) < 4.78 is 0. The molecule has 19 heavy (non-hydrogen) atoms. The van der Waals surface area contributed by atoms with Crippen molar-refractivity contribution in [1.29, 1.82) is 0 Å². The average molecular weight is 268 g/mol. The monoisotopic (exact) mass is 268 g/mol. The zero-order chi connectivity index (χ0) is 13.9. The SMILES string of the molecule is CCCCCCCCCC(CN)NC1CCC(C)C1. The molecule has 0 spiro atoms. The van der Waals surface area contributed by atoms with Crippen LogP contribution in [0.1, 0.15) is 84.5 Å². The second-order valence-corrected chi connectivity index (χ2v) is 6.62. The summed E-state index contributed by atoms with van der Waals surface area (Å²) in [5, 5.41) is 3.78. The topological polar surface area (TPSA) is 38.0 Å². The van der Waals surface area contributed by atoms with Gasteiger partial charge < -0.3 is 11.1 Å². The minimum atomic E-state index is 0.561. The summed E-state index contributed by atoms with van der Waals surface area (Å²) in [7, 11) is 0. The number of hydrogen-bond donors (Lipinski definition) is 2. The van der Waals surface area contributed by atoms with Gasteiger partial charge in [-0.2, -0.15) is 0 Å². The Morgan fingerprint density at radius 1 is 1.05 bits per heavy atom. The molecular weight excluding hydrogens is 232 g/mol. The molecule has 0 aliphatic heterocycles. The Kier molecular flexibility index (Phi) is 9.54. The molecule has 2 heteroatoms. The van der Waals surface area contributed by atoms with Gasteiger partial charge in [0.2, 0.25) is 0 Å². The molecule has 1 aliphatic rings. The van der Waals surface area contributed by atoms with E-state index < -0.39 is 0 Å². The van der Waals surface area contributed by atoms with Crippen molar-refractivity contribution in [3.05, 3.63) is 0 Å². The summed E-state index contributed by atoms with van der Waals surface area (Å²) in [5.74, 6) is 0.912. The van der Waals surface area contributed by atoms with E-state index in [2.05, 4.69) is 19.2 Å². The first-order chi connectivity index (χ1) is 9.26. The van der Waals surface area contributed by atoms with Crippen LogP contribution in [0, 0.1) is 5.92 Å². The van der Waals surface area contributed by atoms with Gasteiger partial charge in [-0.05, 0) is 31.6 Å². The molecule has 3 unspecified atom stereocenters. The number of hydrogen-bond acceptors (Lipinski definition) is 2. The molecule has 1 aliphatic carbocycles. The van der Waals surface area contributed by atoms with Crippen LogP contribution in [0.4, 0.5) is 0 Å². The second kappa shape index (κ2) is 10.7. The van der Waals surface area contributed by atoms with E-state index in [1.807, 2.05) is 0 Å². The molecule has 3 N–H and O–H groups in total. The van der Waals surface area contributed by atoms with E-state index in [0.29, 0.717) is 6.04 Å². The third-order valence-corrected chi connectivity index (χ3v) is 4.61. The highest BCUT2D eigenvalue weighted by atomic mass is 15.0. The Morgan fingerprint density at radius 3 is 2.32 bits per heavy atom. The maximum atomic E-state index is 5.90. The van der Waals surface area contributed by atoms with Gasteiger partial charge in [-0.3, -0.25) is 0 Å². The summed E-state index contributed by atoms with van der Waals surface area (Å²) in [6, 6.07) is 1.30. The minimum Gasteiger partial charge on any atom is -0.329 e. The molecule has 3 atom stereocenters. The zero-order valence-corrected chi connectivity index (χ0v) is 13.3. The van der Waals surface area contributed by atoms with E-state index in [0.717, 1.165) is 18.5 Å². The highest BCUT2D eigenvalue weighted by Gasteiger charge is 2.22. The normalized spacial score (nSPS) is 24.8. The molecule has 0 aromatic carbocycles. The number of nitrogens with one attached hydrogen (secondary N) is 1. The van der Waals surface area contributed by atoms with Gasteiger partial charge in [0.15, 0.2) is 0 Å². The largest absolute Gasteiger partial charge is 0.329 e. The van der Waals surface area contributed by atoms with Gasteiger partial charge in [0.1, 0.15) is 0 Å². The Morgan fingerprint density at radius 2 is 1.74 bits per heavy atom. The first-order valence-electron chi connectivity index (χ1n) is 8.72. The van der Waals surface area contributed by atoms with Gasteiger partial charge in [-0.1, -0.05) is 58.8 Å². The average Bonchev–Trinajstić information content (AvgIpc) is 2.81. The summed E-state index contributed by atoms with van der Waals surface area (Å²) in [6.45, 7) is 5.46. The fraction of sp³-hybridized carbons (Fsp3) is 1.00. The summed E-state index contributed by atoms with van der Waals surface area (Å²) in [5.41, 5.74) is 5.90. The first-order valence-corrected chi connectivity index (χ1v) is 8.72. The molecule has 0 bridgehead atoms. The smallest absolute Gasteiger partial charge is 0.0192 e. The van der Waals surface area contributed by atoms with Crippen LogP contribution in [0.3, 0.4) is 0 Å². The van der Waals surface area contributed by atoms with Crippen LogP contribution in [0.25, 0.3) is 0 Å². The van der Waals surface area contributed by atoms with Crippen molar-refractivity contribution >= 4 is 0 Å². The second-order valence-electron chi connectivity index (χ2n) is 6.62. The molecule has 0 heterocycles. The quantitative estimate of drug-likeness (QED) is 0.550. The Balaban J connectivity index is 1.99. The van der Waals surface area contributed by atoms with E-state index in [9.17, 15) is 0 Å². The molecule has 0 saturated heterocycles. The highest BCUT2D eigenvalue weighted by Crippen LogP contribution is 2.25. The van der Waals surface area contributed by atoms with Gasteiger partial charge >= 0.3 is 0 Å². The van der Waals surface area contributed by atoms with Crippen molar-refractivity contribution in [1.82, 2.24) is 5.32 Å². The maximum absolute atomic E-state index is 5.90. The van der Waals surface area contributed by atoms with Gasteiger partial charge in [0.05, 0.1) is 0 Å². The molecular formula is C17H36N2. The van der Waals surface area contributed by atoms with Crippen molar-refractivity contribution < 1.29 is 0 Å². The molecule has 0 aromatic rings. The summed E-state index contributed by atoms with van der Waals surface area (Å²) in [6.07, 6.45) is 15.1. The lowest BCUT2D eigenvalue weighted by Crippen LogP contribution is -2.41. The predicted octanol–water partition coefficient (Wildman–Crippen LogP) is 4.23. The first kappa shape index (κ1) is 17.0.